The molecule has 0 saturated heterocycles. The summed E-state index contributed by atoms with van der Waals surface area (Å²) in [6, 6.07) is 7.89. The average molecular weight is 273 g/mol. The lowest BCUT2D eigenvalue weighted by atomic mass is 10.2. The lowest BCUT2D eigenvalue weighted by molar-refractivity contribution is -0.121. The van der Waals surface area contributed by atoms with Gasteiger partial charge in [0.05, 0.1) is 6.04 Å². The van der Waals surface area contributed by atoms with Gasteiger partial charge in [0.1, 0.15) is 0 Å². The summed E-state index contributed by atoms with van der Waals surface area (Å²) in [6.07, 6.45) is 5.14. The molecule has 3 N–H and O–H groups in total. The maximum atomic E-state index is 12.4. The monoisotopic (exact) mass is 273 g/mol. The molecule has 4 nitrogen and oxygen atoms in total. The normalized spacial score (nSPS) is 19.9. The molecule has 20 heavy (non-hydrogen) atoms. The molecular weight excluding hydrogens is 250 g/mol. The Morgan fingerprint density at radius 3 is 2.50 bits per heavy atom. The summed E-state index contributed by atoms with van der Waals surface area (Å²) in [5.41, 5.74) is 7.18. The van der Waals surface area contributed by atoms with E-state index in [0.717, 1.165) is 18.2 Å². The molecule has 1 amide bonds. The number of hydrogen-bond donors (Lipinski definition) is 2. The summed E-state index contributed by atoms with van der Waals surface area (Å²) < 4.78 is 0. The number of carbonyl (C=O) groups is 1. The predicted molar refractivity (Wildman–Crippen MR) is 81.4 cm³/mol. The van der Waals surface area contributed by atoms with Crippen LogP contribution in [0.1, 0.15) is 32.6 Å². The van der Waals surface area contributed by atoms with Gasteiger partial charge in [-0.2, -0.15) is 0 Å². The van der Waals surface area contributed by atoms with Crippen LogP contribution in [0.4, 0.5) is 11.4 Å². The number of anilines is 2. The number of nitrogens with one attached hydrogen (secondary N) is 1. The van der Waals surface area contributed by atoms with Crippen LogP contribution in [0, 0.1) is 5.92 Å². The number of carbonyl (C=O) groups excluding carboxylic acids is 1. The van der Waals surface area contributed by atoms with Crippen molar-refractivity contribution in [1.29, 1.82) is 0 Å². The Labute approximate surface area is 120 Å². The van der Waals surface area contributed by atoms with Crippen molar-refractivity contribution in [2.45, 2.75) is 44.7 Å². The Morgan fingerprint density at radius 1 is 1.30 bits per heavy atom. The van der Waals surface area contributed by atoms with Gasteiger partial charge in [0, 0.05) is 24.0 Å². The van der Waals surface area contributed by atoms with Crippen LogP contribution in [0.5, 0.6) is 0 Å². The van der Waals surface area contributed by atoms with Gasteiger partial charge in [0.25, 0.3) is 0 Å². The topological polar surface area (TPSA) is 58.4 Å². The minimum Gasteiger partial charge on any atom is -0.399 e. The second-order valence-corrected chi connectivity index (χ2v) is 6.16. The predicted octanol–water partition coefficient (Wildman–Crippen LogP) is 2.47. The molecule has 2 fully saturated rings. The van der Waals surface area contributed by atoms with Crippen LogP contribution in [-0.2, 0) is 4.79 Å². The van der Waals surface area contributed by atoms with Crippen molar-refractivity contribution in [2.24, 2.45) is 5.92 Å². The second-order valence-electron chi connectivity index (χ2n) is 6.16. The number of rotatable bonds is 6. The van der Waals surface area contributed by atoms with E-state index in [-0.39, 0.29) is 11.9 Å². The Morgan fingerprint density at radius 2 is 1.95 bits per heavy atom. The van der Waals surface area contributed by atoms with Crippen LogP contribution in [0.15, 0.2) is 24.3 Å². The first kappa shape index (κ1) is 13.4. The van der Waals surface area contributed by atoms with Crippen LogP contribution in [0.25, 0.3) is 0 Å². The minimum absolute atomic E-state index is 0.0550. The molecule has 0 spiro atoms. The lowest BCUT2D eigenvalue weighted by Crippen LogP contribution is -2.44. The summed E-state index contributed by atoms with van der Waals surface area (Å²) in [5, 5.41) is 2.99. The Bertz CT molecular complexity index is 477. The number of nitrogen functional groups attached to an aromatic ring is 1. The molecule has 0 aromatic heterocycles. The van der Waals surface area contributed by atoms with E-state index in [2.05, 4.69) is 10.2 Å². The minimum atomic E-state index is -0.0550. The van der Waals surface area contributed by atoms with Crippen molar-refractivity contribution < 1.29 is 4.79 Å². The molecule has 1 aromatic rings. The average Bonchev–Trinajstić information content (AvgIpc) is 3.30. The second kappa shape index (κ2) is 5.44. The third kappa shape index (κ3) is 3.31. The van der Waals surface area contributed by atoms with Crippen LogP contribution < -0.4 is 11.1 Å². The van der Waals surface area contributed by atoms with E-state index < -0.39 is 0 Å². The van der Waals surface area contributed by atoms with Crippen molar-refractivity contribution in [1.82, 2.24) is 4.90 Å². The van der Waals surface area contributed by atoms with Gasteiger partial charge in [-0.05, 0) is 62.8 Å². The van der Waals surface area contributed by atoms with Gasteiger partial charge in [-0.25, -0.2) is 0 Å². The fourth-order valence-electron chi connectivity index (χ4n) is 2.59. The van der Waals surface area contributed by atoms with E-state index in [1.807, 2.05) is 31.2 Å². The number of amides is 1. The summed E-state index contributed by atoms with van der Waals surface area (Å²) >= 11 is 0. The summed E-state index contributed by atoms with van der Waals surface area (Å²) in [6.45, 7) is 3.11. The van der Waals surface area contributed by atoms with Crippen LogP contribution in [0.2, 0.25) is 0 Å². The van der Waals surface area contributed by atoms with Crippen LogP contribution in [0.3, 0.4) is 0 Å². The van der Waals surface area contributed by atoms with Crippen molar-refractivity contribution in [3.05, 3.63) is 24.3 Å². The zero-order valence-corrected chi connectivity index (χ0v) is 12.0. The Balaban J connectivity index is 1.60. The molecule has 2 saturated carbocycles. The molecule has 0 heterocycles. The fourth-order valence-corrected chi connectivity index (χ4v) is 2.59. The molecule has 1 atom stereocenters. The molecule has 108 valence electrons. The molecule has 1 unspecified atom stereocenters. The Hall–Kier alpha value is -1.55. The molecule has 4 heteroatoms. The van der Waals surface area contributed by atoms with E-state index in [1.165, 1.54) is 25.7 Å². The summed E-state index contributed by atoms with van der Waals surface area (Å²) in [5.74, 6) is 0.907. The maximum Gasteiger partial charge on any atom is 0.241 e. The first-order valence-corrected chi connectivity index (χ1v) is 7.55. The van der Waals surface area contributed by atoms with Crippen molar-refractivity contribution in [2.75, 3.05) is 17.6 Å². The van der Waals surface area contributed by atoms with Crippen molar-refractivity contribution in [3.8, 4) is 0 Å². The zero-order chi connectivity index (χ0) is 14.1. The Kier molecular flexibility index (Phi) is 3.66. The highest BCUT2D eigenvalue weighted by atomic mass is 16.2. The van der Waals surface area contributed by atoms with Gasteiger partial charge in [-0.1, -0.05) is 0 Å². The number of benzene rings is 1. The quantitative estimate of drug-likeness (QED) is 0.783. The van der Waals surface area contributed by atoms with Gasteiger partial charge in [-0.3, -0.25) is 9.69 Å². The van der Waals surface area contributed by atoms with E-state index in [1.54, 1.807) is 0 Å². The highest BCUT2D eigenvalue weighted by Gasteiger charge is 2.38. The van der Waals surface area contributed by atoms with Crippen molar-refractivity contribution in [3.63, 3.8) is 0 Å². The molecule has 0 radical (unpaired) electrons. The number of nitrogens with two attached hydrogens (primary N) is 1. The zero-order valence-electron chi connectivity index (χ0n) is 12.0. The summed E-state index contributed by atoms with van der Waals surface area (Å²) in [7, 11) is 0. The molecule has 2 aliphatic rings. The van der Waals surface area contributed by atoms with Gasteiger partial charge >= 0.3 is 0 Å². The fraction of sp³-hybridized carbons (Fsp3) is 0.562. The first-order chi connectivity index (χ1) is 9.63. The van der Waals surface area contributed by atoms with Crippen LogP contribution >= 0.6 is 0 Å². The first-order valence-electron chi connectivity index (χ1n) is 7.55. The maximum absolute atomic E-state index is 12.4. The SMILES string of the molecule is CC(C(=O)Nc1ccc(N)cc1)N(CC1CC1)C1CC1. The molecule has 0 aliphatic heterocycles. The van der Waals surface area contributed by atoms with Gasteiger partial charge in [-0.15, -0.1) is 0 Å². The lowest BCUT2D eigenvalue weighted by Gasteiger charge is -2.28. The smallest absolute Gasteiger partial charge is 0.241 e. The molecular formula is C16H23N3O. The van der Waals surface area contributed by atoms with Gasteiger partial charge < -0.3 is 11.1 Å². The summed E-state index contributed by atoms with van der Waals surface area (Å²) in [4.78, 5) is 14.8. The van der Waals surface area contributed by atoms with Crippen molar-refractivity contribution >= 4 is 17.3 Å². The largest absolute Gasteiger partial charge is 0.399 e. The van der Waals surface area contributed by atoms with E-state index in [0.29, 0.717) is 11.7 Å². The highest BCUT2D eigenvalue weighted by Crippen LogP contribution is 2.36. The van der Waals surface area contributed by atoms with Crippen LogP contribution in [-0.4, -0.2) is 29.4 Å². The van der Waals surface area contributed by atoms with Gasteiger partial charge in [0.2, 0.25) is 5.91 Å². The molecule has 0 bridgehead atoms. The molecule has 1 aromatic carbocycles. The highest BCUT2D eigenvalue weighted by molar-refractivity contribution is 5.94. The molecule has 2 aliphatic carbocycles. The number of hydrogen-bond acceptors (Lipinski definition) is 3. The third-order valence-corrected chi connectivity index (χ3v) is 4.24. The standard InChI is InChI=1S/C16H23N3O/c1-11(19(15-8-9-15)10-12-2-3-12)16(20)18-14-6-4-13(17)5-7-14/h4-7,11-12,15H,2-3,8-10,17H2,1H3,(H,18,20). The number of nitrogens with zero attached hydrogens (tertiary/aromatic N) is 1. The third-order valence-electron chi connectivity index (χ3n) is 4.24. The van der Waals surface area contributed by atoms with E-state index in [9.17, 15) is 4.79 Å². The van der Waals surface area contributed by atoms with E-state index >= 15 is 0 Å². The molecule has 3 rings (SSSR count). The van der Waals surface area contributed by atoms with E-state index in [4.69, 9.17) is 5.73 Å². The van der Waals surface area contributed by atoms with Gasteiger partial charge in [0.15, 0.2) is 0 Å².